The van der Waals surface area contributed by atoms with Crippen molar-refractivity contribution >= 4 is 23.3 Å². The van der Waals surface area contributed by atoms with Crippen LogP contribution in [0.3, 0.4) is 0 Å². The number of ether oxygens (including phenoxy) is 2. The molecular formula is C27H29N3O4. The number of amides is 1. The van der Waals surface area contributed by atoms with Crippen molar-refractivity contribution in [3.63, 3.8) is 0 Å². The van der Waals surface area contributed by atoms with Gasteiger partial charge in [-0.3, -0.25) is 9.69 Å². The van der Waals surface area contributed by atoms with Crippen LogP contribution in [0.5, 0.6) is 5.75 Å². The summed E-state index contributed by atoms with van der Waals surface area (Å²) in [6, 6.07) is 24.9. The second-order valence-corrected chi connectivity index (χ2v) is 8.12. The van der Waals surface area contributed by atoms with Gasteiger partial charge in [-0.05, 0) is 35.9 Å². The molecule has 4 rings (SSSR count). The fourth-order valence-corrected chi connectivity index (χ4v) is 4.00. The van der Waals surface area contributed by atoms with Gasteiger partial charge in [0.2, 0.25) is 0 Å². The zero-order chi connectivity index (χ0) is 23.8. The minimum atomic E-state index is -0.449. The van der Waals surface area contributed by atoms with Crippen LogP contribution >= 0.6 is 0 Å². The molecule has 34 heavy (non-hydrogen) atoms. The first kappa shape index (κ1) is 23.3. The van der Waals surface area contributed by atoms with Gasteiger partial charge in [-0.1, -0.05) is 48.5 Å². The third-order valence-electron chi connectivity index (χ3n) is 5.77. The summed E-state index contributed by atoms with van der Waals surface area (Å²) in [6.07, 6.45) is 0. The van der Waals surface area contributed by atoms with E-state index in [1.165, 1.54) is 12.7 Å². The minimum Gasteiger partial charge on any atom is -0.484 e. The summed E-state index contributed by atoms with van der Waals surface area (Å²) in [6.45, 7) is 4.21. The molecule has 1 saturated heterocycles. The monoisotopic (exact) mass is 459 g/mol. The molecule has 176 valence electrons. The minimum absolute atomic E-state index is 0.128. The smallest absolute Gasteiger partial charge is 0.337 e. The number of anilines is 2. The Kier molecular flexibility index (Phi) is 7.78. The van der Waals surface area contributed by atoms with Gasteiger partial charge in [-0.2, -0.15) is 0 Å². The Morgan fingerprint density at radius 2 is 1.56 bits per heavy atom. The zero-order valence-electron chi connectivity index (χ0n) is 19.3. The quantitative estimate of drug-likeness (QED) is 0.517. The highest BCUT2D eigenvalue weighted by atomic mass is 16.5. The highest BCUT2D eigenvalue weighted by Gasteiger charge is 2.21. The van der Waals surface area contributed by atoms with Crippen LogP contribution in [0, 0.1) is 0 Å². The van der Waals surface area contributed by atoms with Crippen molar-refractivity contribution in [2.24, 2.45) is 0 Å². The number of carbonyl (C=O) groups is 2. The number of nitrogens with one attached hydrogen (secondary N) is 1. The normalized spacial score (nSPS) is 13.9. The summed E-state index contributed by atoms with van der Waals surface area (Å²) >= 11 is 0. The summed E-state index contributed by atoms with van der Waals surface area (Å²) in [5.41, 5.74) is 3.12. The number of esters is 1. The number of nitrogens with zero attached hydrogens (tertiary/aromatic N) is 2. The van der Waals surface area contributed by atoms with E-state index in [1.54, 1.807) is 24.3 Å². The lowest BCUT2D eigenvalue weighted by atomic mass is 10.1. The lowest BCUT2D eigenvalue weighted by Gasteiger charge is -2.37. The molecule has 7 nitrogen and oxygen atoms in total. The summed E-state index contributed by atoms with van der Waals surface area (Å²) < 4.78 is 10.4. The topological polar surface area (TPSA) is 71.1 Å². The number of benzene rings is 3. The second kappa shape index (κ2) is 11.3. The van der Waals surface area contributed by atoms with Crippen molar-refractivity contribution in [2.75, 3.05) is 50.1 Å². The Labute approximate surface area is 199 Å². The molecule has 0 saturated carbocycles. The number of carbonyl (C=O) groups excluding carboxylic acids is 2. The standard InChI is InChI=1S/C27H29N3O4/c1-33-27(32)22-12-13-25(24(18-22)28-26(31)20-34-23-10-6-3-7-11-23)30-16-14-29(15-17-30)19-21-8-4-2-5-9-21/h2-13,18H,14-17,19-20H2,1H3,(H,28,31). The van der Waals surface area contributed by atoms with Crippen molar-refractivity contribution in [3.8, 4) is 5.75 Å². The fourth-order valence-electron chi connectivity index (χ4n) is 4.00. The molecule has 0 spiro atoms. The molecule has 3 aromatic rings. The van der Waals surface area contributed by atoms with Gasteiger partial charge in [0.15, 0.2) is 6.61 Å². The molecule has 1 fully saturated rings. The maximum absolute atomic E-state index is 12.6. The molecule has 7 heteroatoms. The van der Waals surface area contributed by atoms with Gasteiger partial charge in [0, 0.05) is 32.7 Å². The third kappa shape index (κ3) is 6.14. The predicted octanol–water partition coefficient (Wildman–Crippen LogP) is 3.81. The largest absolute Gasteiger partial charge is 0.484 e. The van der Waals surface area contributed by atoms with Gasteiger partial charge >= 0.3 is 5.97 Å². The maximum Gasteiger partial charge on any atom is 0.337 e. The highest BCUT2D eigenvalue weighted by Crippen LogP contribution is 2.29. The Morgan fingerprint density at radius 1 is 0.882 bits per heavy atom. The van der Waals surface area contributed by atoms with Gasteiger partial charge in [0.1, 0.15) is 5.75 Å². The summed E-state index contributed by atoms with van der Waals surface area (Å²) in [5, 5.41) is 2.92. The van der Waals surface area contributed by atoms with Crippen molar-refractivity contribution < 1.29 is 19.1 Å². The first-order chi connectivity index (χ1) is 16.6. The van der Waals surface area contributed by atoms with Crippen LogP contribution in [0.4, 0.5) is 11.4 Å². The van der Waals surface area contributed by atoms with Crippen LogP contribution in [0.25, 0.3) is 0 Å². The van der Waals surface area contributed by atoms with E-state index in [4.69, 9.17) is 9.47 Å². The predicted molar refractivity (Wildman–Crippen MR) is 132 cm³/mol. The molecule has 0 atom stereocenters. The number of hydrogen-bond donors (Lipinski definition) is 1. The molecule has 0 aromatic heterocycles. The molecule has 0 bridgehead atoms. The number of rotatable bonds is 8. The van der Waals surface area contributed by atoms with Crippen LogP contribution in [0.1, 0.15) is 15.9 Å². The highest BCUT2D eigenvalue weighted by molar-refractivity contribution is 5.98. The molecule has 3 aromatic carbocycles. The molecule has 0 radical (unpaired) electrons. The van der Waals surface area contributed by atoms with Crippen LogP contribution in [-0.2, 0) is 16.1 Å². The first-order valence-corrected chi connectivity index (χ1v) is 11.3. The molecule has 1 aliphatic heterocycles. The van der Waals surface area contributed by atoms with Crippen LogP contribution in [-0.4, -0.2) is 56.7 Å². The number of piperazine rings is 1. The fraction of sp³-hybridized carbons (Fsp3) is 0.259. The van der Waals surface area contributed by atoms with E-state index in [2.05, 4.69) is 39.4 Å². The van der Waals surface area contributed by atoms with E-state index in [0.29, 0.717) is 17.0 Å². The molecule has 1 heterocycles. The molecule has 1 aliphatic rings. The van der Waals surface area contributed by atoms with Crippen LogP contribution in [0.15, 0.2) is 78.9 Å². The molecular weight excluding hydrogens is 430 g/mol. The van der Waals surface area contributed by atoms with Gasteiger partial charge in [0.05, 0.1) is 24.0 Å². The SMILES string of the molecule is COC(=O)c1ccc(N2CCN(Cc3ccccc3)CC2)c(NC(=O)COc2ccccc2)c1. The van der Waals surface area contributed by atoms with Gasteiger partial charge in [-0.25, -0.2) is 4.79 Å². The Hall–Kier alpha value is -3.84. The molecule has 0 aliphatic carbocycles. The van der Waals surface area contributed by atoms with Crippen molar-refractivity contribution in [1.29, 1.82) is 0 Å². The van der Waals surface area contributed by atoms with Crippen molar-refractivity contribution in [1.82, 2.24) is 4.90 Å². The van der Waals surface area contributed by atoms with Crippen molar-refractivity contribution in [3.05, 3.63) is 90.0 Å². The second-order valence-electron chi connectivity index (χ2n) is 8.12. The van der Waals surface area contributed by atoms with E-state index in [9.17, 15) is 9.59 Å². The van der Waals surface area contributed by atoms with Gasteiger partial charge in [-0.15, -0.1) is 0 Å². The number of methoxy groups -OCH3 is 1. The van der Waals surface area contributed by atoms with E-state index in [0.717, 1.165) is 38.4 Å². The van der Waals surface area contributed by atoms with Crippen LogP contribution < -0.4 is 15.0 Å². The lowest BCUT2D eigenvalue weighted by Crippen LogP contribution is -2.46. The third-order valence-corrected chi connectivity index (χ3v) is 5.77. The summed E-state index contributed by atoms with van der Waals surface area (Å²) in [5.74, 6) is -0.124. The number of hydrogen-bond acceptors (Lipinski definition) is 6. The Morgan fingerprint density at radius 3 is 2.24 bits per heavy atom. The maximum atomic E-state index is 12.6. The molecule has 0 unspecified atom stereocenters. The lowest BCUT2D eigenvalue weighted by molar-refractivity contribution is -0.118. The average Bonchev–Trinajstić information content (AvgIpc) is 2.89. The summed E-state index contributed by atoms with van der Waals surface area (Å²) in [4.78, 5) is 29.4. The number of para-hydroxylation sites is 1. The Bertz CT molecular complexity index is 1100. The van der Waals surface area contributed by atoms with Crippen LogP contribution in [0.2, 0.25) is 0 Å². The van der Waals surface area contributed by atoms with E-state index >= 15 is 0 Å². The van der Waals surface area contributed by atoms with Gasteiger partial charge in [0.25, 0.3) is 5.91 Å². The molecule has 1 amide bonds. The first-order valence-electron chi connectivity index (χ1n) is 11.3. The Balaban J connectivity index is 1.43. The van der Waals surface area contributed by atoms with E-state index < -0.39 is 5.97 Å². The summed E-state index contributed by atoms with van der Waals surface area (Å²) in [7, 11) is 1.34. The molecule has 1 N–H and O–H groups in total. The van der Waals surface area contributed by atoms with Crippen molar-refractivity contribution in [2.45, 2.75) is 6.54 Å². The van der Waals surface area contributed by atoms with Gasteiger partial charge < -0.3 is 19.7 Å². The zero-order valence-corrected chi connectivity index (χ0v) is 19.3. The van der Waals surface area contributed by atoms with E-state index in [1.807, 2.05) is 30.3 Å². The average molecular weight is 460 g/mol. The van der Waals surface area contributed by atoms with E-state index in [-0.39, 0.29) is 12.5 Å².